The molecule has 0 saturated heterocycles. The number of rotatable bonds is 6. The standard InChI is InChI=1S/C17H22ClN5OS/c18-13-5-7-14(8-6-13)25-11-9-19-17(24)20-12-16-22-21-15-4-2-1-3-10-23(15)16/h5-8H,1-4,9-12H2,(H2,19,20,24). The van der Waals surface area contributed by atoms with Crippen molar-refractivity contribution in [2.24, 2.45) is 0 Å². The van der Waals surface area contributed by atoms with Crippen molar-refractivity contribution < 1.29 is 4.79 Å². The van der Waals surface area contributed by atoms with Crippen molar-refractivity contribution >= 4 is 29.4 Å². The number of aromatic nitrogens is 3. The van der Waals surface area contributed by atoms with E-state index in [-0.39, 0.29) is 6.03 Å². The minimum absolute atomic E-state index is 0.178. The van der Waals surface area contributed by atoms with Crippen LogP contribution in [0.5, 0.6) is 0 Å². The second-order valence-corrected chi connectivity index (χ2v) is 7.51. The van der Waals surface area contributed by atoms with Gasteiger partial charge in [0.05, 0.1) is 6.54 Å². The average molecular weight is 380 g/mol. The van der Waals surface area contributed by atoms with E-state index >= 15 is 0 Å². The van der Waals surface area contributed by atoms with Gasteiger partial charge in [0.25, 0.3) is 0 Å². The average Bonchev–Trinajstić information content (AvgIpc) is 2.85. The third kappa shape index (κ3) is 5.37. The van der Waals surface area contributed by atoms with E-state index in [1.165, 1.54) is 6.42 Å². The number of amides is 2. The van der Waals surface area contributed by atoms with E-state index in [9.17, 15) is 4.79 Å². The van der Waals surface area contributed by atoms with Crippen LogP contribution < -0.4 is 10.6 Å². The van der Waals surface area contributed by atoms with E-state index < -0.39 is 0 Å². The van der Waals surface area contributed by atoms with Gasteiger partial charge >= 0.3 is 6.03 Å². The van der Waals surface area contributed by atoms with Gasteiger partial charge in [-0.2, -0.15) is 0 Å². The largest absolute Gasteiger partial charge is 0.337 e. The third-order valence-corrected chi connectivity index (χ3v) is 5.33. The molecular weight excluding hydrogens is 358 g/mol. The summed E-state index contributed by atoms with van der Waals surface area (Å²) in [5.74, 6) is 2.67. The summed E-state index contributed by atoms with van der Waals surface area (Å²) in [6, 6.07) is 7.51. The molecular formula is C17H22ClN5OS. The summed E-state index contributed by atoms with van der Waals surface area (Å²) >= 11 is 7.54. The molecule has 1 aromatic heterocycles. The van der Waals surface area contributed by atoms with Crippen LogP contribution >= 0.6 is 23.4 Å². The smallest absolute Gasteiger partial charge is 0.315 e. The maximum Gasteiger partial charge on any atom is 0.315 e. The molecule has 6 nitrogen and oxygen atoms in total. The number of urea groups is 1. The van der Waals surface area contributed by atoms with Crippen LogP contribution in [0.1, 0.15) is 30.9 Å². The Labute approximate surface area is 156 Å². The van der Waals surface area contributed by atoms with Crippen molar-refractivity contribution in [2.45, 2.75) is 43.7 Å². The highest BCUT2D eigenvalue weighted by Crippen LogP contribution is 2.19. The summed E-state index contributed by atoms with van der Waals surface area (Å²) in [6.07, 6.45) is 4.51. The summed E-state index contributed by atoms with van der Waals surface area (Å²) in [5.41, 5.74) is 0. The number of carbonyl (C=O) groups excluding carboxylic acids is 1. The van der Waals surface area contributed by atoms with Gasteiger partial charge in [-0.25, -0.2) is 4.79 Å². The summed E-state index contributed by atoms with van der Waals surface area (Å²) in [7, 11) is 0. The third-order valence-electron chi connectivity index (χ3n) is 4.06. The summed E-state index contributed by atoms with van der Waals surface area (Å²) in [5, 5.41) is 14.9. The lowest BCUT2D eigenvalue weighted by molar-refractivity contribution is 0.240. The fourth-order valence-corrected chi connectivity index (χ4v) is 3.66. The summed E-state index contributed by atoms with van der Waals surface area (Å²) in [6.45, 7) is 1.94. The first-order valence-electron chi connectivity index (χ1n) is 8.53. The topological polar surface area (TPSA) is 71.8 Å². The molecule has 0 bridgehead atoms. The number of thioether (sulfide) groups is 1. The Morgan fingerprint density at radius 2 is 2.00 bits per heavy atom. The molecule has 0 unspecified atom stereocenters. The van der Waals surface area contributed by atoms with E-state index in [4.69, 9.17) is 11.6 Å². The molecule has 0 saturated carbocycles. The Hall–Kier alpha value is -1.73. The number of carbonyl (C=O) groups is 1. The quantitative estimate of drug-likeness (QED) is 0.597. The van der Waals surface area contributed by atoms with Crippen molar-refractivity contribution in [3.63, 3.8) is 0 Å². The maximum atomic E-state index is 11.9. The normalized spacial score (nSPS) is 13.8. The van der Waals surface area contributed by atoms with Gasteiger partial charge in [0.2, 0.25) is 0 Å². The molecule has 134 valence electrons. The first kappa shape index (κ1) is 18.1. The van der Waals surface area contributed by atoms with Crippen LogP contribution in [0, 0.1) is 0 Å². The molecule has 2 heterocycles. The Morgan fingerprint density at radius 3 is 2.84 bits per heavy atom. The second kappa shape index (κ2) is 9.10. The molecule has 2 amide bonds. The lowest BCUT2D eigenvalue weighted by Gasteiger charge is -2.09. The van der Waals surface area contributed by atoms with Gasteiger partial charge in [-0.15, -0.1) is 22.0 Å². The van der Waals surface area contributed by atoms with Gasteiger partial charge in [0.15, 0.2) is 5.82 Å². The molecule has 0 spiro atoms. The van der Waals surface area contributed by atoms with Gasteiger partial charge in [0, 0.05) is 35.2 Å². The molecule has 2 N–H and O–H groups in total. The number of aryl methyl sites for hydroxylation is 1. The number of nitrogens with one attached hydrogen (secondary N) is 2. The molecule has 0 radical (unpaired) electrons. The molecule has 0 aliphatic carbocycles. The first-order valence-corrected chi connectivity index (χ1v) is 9.90. The SMILES string of the molecule is O=C(NCCSc1ccc(Cl)cc1)NCc1nnc2n1CCCCC2. The Morgan fingerprint density at radius 1 is 1.16 bits per heavy atom. The van der Waals surface area contributed by atoms with E-state index in [1.807, 2.05) is 24.3 Å². The fraction of sp³-hybridized carbons (Fsp3) is 0.471. The van der Waals surface area contributed by atoms with Crippen molar-refractivity contribution in [2.75, 3.05) is 12.3 Å². The highest BCUT2D eigenvalue weighted by atomic mass is 35.5. The Kier molecular flexibility index (Phi) is 6.58. The number of nitrogens with zero attached hydrogens (tertiary/aromatic N) is 3. The van der Waals surface area contributed by atoms with Crippen LogP contribution in [-0.2, 0) is 19.5 Å². The summed E-state index contributed by atoms with van der Waals surface area (Å²) in [4.78, 5) is 13.1. The van der Waals surface area contributed by atoms with Crippen LogP contribution in [0.4, 0.5) is 4.79 Å². The highest BCUT2D eigenvalue weighted by Gasteiger charge is 2.14. The van der Waals surface area contributed by atoms with Crippen LogP contribution in [0.15, 0.2) is 29.2 Å². The fourth-order valence-electron chi connectivity index (χ4n) is 2.76. The molecule has 1 aliphatic heterocycles. The van der Waals surface area contributed by atoms with Crippen molar-refractivity contribution in [1.82, 2.24) is 25.4 Å². The minimum atomic E-state index is -0.178. The lowest BCUT2D eigenvalue weighted by Crippen LogP contribution is -2.36. The highest BCUT2D eigenvalue weighted by molar-refractivity contribution is 7.99. The number of benzene rings is 1. The van der Waals surface area contributed by atoms with Gasteiger partial charge in [0.1, 0.15) is 5.82 Å². The monoisotopic (exact) mass is 379 g/mol. The zero-order chi connectivity index (χ0) is 17.5. The van der Waals surface area contributed by atoms with Crippen molar-refractivity contribution in [3.05, 3.63) is 40.9 Å². The molecule has 1 aromatic carbocycles. The molecule has 8 heteroatoms. The van der Waals surface area contributed by atoms with Gasteiger partial charge in [-0.3, -0.25) is 0 Å². The van der Waals surface area contributed by atoms with Crippen LogP contribution in [0.3, 0.4) is 0 Å². The Balaban J connectivity index is 1.37. The predicted molar refractivity (Wildman–Crippen MR) is 100.0 cm³/mol. The van der Waals surface area contributed by atoms with E-state index in [0.29, 0.717) is 13.1 Å². The Bertz CT molecular complexity index is 704. The molecule has 0 atom stereocenters. The van der Waals surface area contributed by atoms with Crippen LogP contribution in [0.2, 0.25) is 5.02 Å². The number of hydrogen-bond acceptors (Lipinski definition) is 4. The number of fused-ring (bicyclic) bond motifs is 1. The number of halogens is 1. The van der Waals surface area contributed by atoms with Crippen molar-refractivity contribution in [3.8, 4) is 0 Å². The zero-order valence-electron chi connectivity index (χ0n) is 14.0. The predicted octanol–water partition coefficient (Wildman–Crippen LogP) is 3.25. The second-order valence-electron chi connectivity index (χ2n) is 5.91. The van der Waals surface area contributed by atoms with E-state index in [2.05, 4.69) is 25.4 Å². The van der Waals surface area contributed by atoms with Crippen LogP contribution in [-0.4, -0.2) is 33.1 Å². The lowest BCUT2D eigenvalue weighted by atomic mass is 10.2. The number of hydrogen-bond donors (Lipinski definition) is 2. The molecule has 1 aliphatic rings. The zero-order valence-corrected chi connectivity index (χ0v) is 15.6. The molecule has 25 heavy (non-hydrogen) atoms. The van der Waals surface area contributed by atoms with E-state index in [1.54, 1.807) is 11.8 Å². The van der Waals surface area contributed by atoms with Gasteiger partial charge < -0.3 is 15.2 Å². The first-order chi connectivity index (χ1) is 12.2. The molecule has 0 fully saturated rings. The molecule has 2 aromatic rings. The maximum absolute atomic E-state index is 11.9. The minimum Gasteiger partial charge on any atom is -0.337 e. The summed E-state index contributed by atoms with van der Waals surface area (Å²) < 4.78 is 2.14. The van der Waals surface area contributed by atoms with Crippen molar-refractivity contribution in [1.29, 1.82) is 0 Å². The van der Waals surface area contributed by atoms with Crippen LogP contribution in [0.25, 0.3) is 0 Å². The van der Waals surface area contributed by atoms with Gasteiger partial charge in [-0.05, 0) is 37.1 Å². The molecule has 3 rings (SSSR count). The van der Waals surface area contributed by atoms with Gasteiger partial charge in [-0.1, -0.05) is 18.0 Å². The van der Waals surface area contributed by atoms with E-state index in [0.717, 1.165) is 53.1 Å².